The van der Waals surface area contributed by atoms with Gasteiger partial charge in [-0.05, 0) is 160 Å². The number of carbonyl (C=O) groups is 5. The summed E-state index contributed by atoms with van der Waals surface area (Å²) in [5.41, 5.74) is 1.39. The second-order valence-corrected chi connectivity index (χ2v) is 16.8. The standard InChI is InChI=1S/C15H16I3NO5.C14H15I3O4/c1-6(2)10(20)5-9(15(22)23)19-14(21)11-7(16)4-8(17)13(24-3)12(11)18;1-7(2)11(18)4-3-8-9(15)5-10(16)14(13(8)17)21-6-12(19)20/h4,6,9H,5H2,1-3H3,(H,19,21)(H,22,23);5,7H,3-4,6H2,1-2H3,(H,19,20). The Labute approximate surface area is 343 Å². The van der Waals surface area contributed by atoms with Crippen molar-refractivity contribution in [2.24, 2.45) is 11.8 Å². The van der Waals surface area contributed by atoms with Crippen molar-refractivity contribution in [3.63, 3.8) is 0 Å². The van der Waals surface area contributed by atoms with E-state index in [9.17, 15) is 29.1 Å². The number of Topliss-reactive ketones (excluding diaryl/α,β-unsaturated/α-hetero) is 2. The van der Waals surface area contributed by atoms with E-state index in [1.807, 2.05) is 65.1 Å². The lowest BCUT2D eigenvalue weighted by atomic mass is 10.0. The highest BCUT2D eigenvalue weighted by atomic mass is 127. The van der Waals surface area contributed by atoms with Gasteiger partial charge in [-0.1, -0.05) is 27.7 Å². The number of hydrogen-bond acceptors (Lipinski definition) is 7. The van der Waals surface area contributed by atoms with Crippen molar-refractivity contribution < 1.29 is 43.7 Å². The molecule has 0 aliphatic rings. The molecule has 2 aromatic carbocycles. The lowest BCUT2D eigenvalue weighted by Gasteiger charge is -2.17. The maximum absolute atomic E-state index is 12.6. The van der Waals surface area contributed by atoms with Gasteiger partial charge in [0, 0.05) is 31.8 Å². The topological polar surface area (TPSA) is 156 Å². The van der Waals surface area contributed by atoms with Gasteiger partial charge in [-0.2, -0.15) is 0 Å². The second kappa shape index (κ2) is 20.6. The van der Waals surface area contributed by atoms with Crippen LogP contribution in [0.2, 0.25) is 0 Å². The van der Waals surface area contributed by atoms with Crippen LogP contribution in [0.1, 0.15) is 56.5 Å². The fraction of sp³-hybridized carbons (Fsp3) is 0.414. The summed E-state index contributed by atoms with van der Waals surface area (Å²) in [4.78, 5) is 58.2. The zero-order valence-corrected chi connectivity index (χ0v) is 37.7. The summed E-state index contributed by atoms with van der Waals surface area (Å²) in [5.74, 6) is -1.87. The summed E-state index contributed by atoms with van der Waals surface area (Å²) >= 11 is 12.7. The predicted molar refractivity (Wildman–Crippen MR) is 220 cm³/mol. The number of carboxylic acid groups (broad SMARTS) is 2. The molecule has 45 heavy (non-hydrogen) atoms. The van der Waals surface area contributed by atoms with E-state index in [0.29, 0.717) is 37.0 Å². The van der Waals surface area contributed by atoms with E-state index in [1.165, 1.54) is 7.11 Å². The first kappa shape index (κ1) is 43.2. The van der Waals surface area contributed by atoms with Crippen LogP contribution in [0, 0.1) is 33.3 Å². The second-order valence-electron chi connectivity index (χ2n) is 10.0. The zero-order chi connectivity index (χ0) is 34.8. The molecule has 1 atom stereocenters. The highest BCUT2D eigenvalue weighted by molar-refractivity contribution is 14.1. The molecule has 248 valence electrons. The molecule has 10 nitrogen and oxygen atoms in total. The van der Waals surface area contributed by atoms with E-state index in [2.05, 4.69) is 95.7 Å². The van der Waals surface area contributed by atoms with E-state index in [-0.39, 0.29) is 36.4 Å². The fourth-order valence-electron chi connectivity index (χ4n) is 3.48. The van der Waals surface area contributed by atoms with Gasteiger partial charge in [0.15, 0.2) is 6.61 Å². The van der Waals surface area contributed by atoms with Crippen molar-refractivity contribution in [1.82, 2.24) is 5.32 Å². The number of rotatable bonds is 14. The highest BCUT2D eigenvalue weighted by Gasteiger charge is 2.28. The Bertz CT molecular complexity index is 1450. The average molecular weight is 1300 g/mol. The number of benzene rings is 2. The first-order valence-corrected chi connectivity index (χ1v) is 19.6. The van der Waals surface area contributed by atoms with Gasteiger partial charge < -0.3 is 25.0 Å². The number of ether oxygens (including phenoxy) is 2. The third-order valence-electron chi connectivity index (χ3n) is 6.04. The van der Waals surface area contributed by atoms with Crippen LogP contribution in [0.4, 0.5) is 0 Å². The first-order chi connectivity index (χ1) is 20.8. The van der Waals surface area contributed by atoms with Crippen LogP contribution < -0.4 is 14.8 Å². The quantitative estimate of drug-likeness (QED) is 0.164. The molecule has 0 saturated carbocycles. The van der Waals surface area contributed by atoms with E-state index in [4.69, 9.17) is 14.6 Å². The lowest BCUT2D eigenvalue weighted by molar-refractivity contribution is -0.141. The monoisotopic (exact) mass is 1300 g/mol. The van der Waals surface area contributed by atoms with Gasteiger partial charge in [0.1, 0.15) is 29.1 Å². The molecule has 1 amide bonds. The largest absolute Gasteiger partial charge is 0.495 e. The molecular weight excluding hydrogens is 1270 g/mol. The SMILES string of the molecule is CC(C)C(=O)CCc1c(I)cc(I)c(OCC(=O)O)c1I.COc1c(I)cc(I)c(C(=O)NC(CC(=O)C(C)C)C(=O)O)c1I. The molecular formula is C29H31I6NO9. The van der Waals surface area contributed by atoms with Gasteiger partial charge in [0.05, 0.1) is 27.0 Å². The molecule has 0 aliphatic carbocycles. The molecule has 0 fully saturated rings. The van der Waals surface area contributed by atoms with Crippen LogP contribution in [0.15, 0.2) is 12.1 Å². The van der Waals surface area contributed by atoms with Gasteiger partial charge in [0.25, 0.3) is 5.91 Å². The molecule has 0 aromatic heterocycles. The molecule has 16 heteroatoms. The third-order valence-corrected chi connectivity index (χ3v) is 11.6. The van der Waals surface area contributed by atoms with Crippen molar-refractivity contribution in [1.29, 1.82) is 0 Å². The molecule has 0 saturated heterocycles. The molecule has 2 rings (SSSR count). The van der Waals surface area contributed by atoms with Crippen LogP contribution in [0.5, 0.6) is 11.5 Å². The molecule has 0 bridgehead atoms. The molecule has 2 aromatic rings. The van der Waals surface area contributed by atoms with E-state index >= 15 is 0 Å². The Morgan fingerprint density at radius 1 is 0.778 bits per heavy atom. The molecule has 1 unspecified atom stereocenters. The van der Waals surface area contributed by atoms with Gasteiger partial charge in [-0.25, -0.2) is 9.59 Å². The first-order valence-electron chi connectivity index (χ1n) is 13.1. The Morgan fingerprint density at radius 3 is 1.80 bits per heavy atom. The maximum atomic E-state index is 12.6. The Hall–Kier alpha value is 0.170. The number of ketones is 2. The van der Waals surface area contributed by atoms with Crippen molar-refractivity contribution in [3.05, 3.63) is 44.7 Å². The van der Waals surface area contributed by atoms with E-state index < -0.39 is 23.9 Å². The van der Waals surface area contributed by atoms with Crippen LogP contribution >= 0.6 is 136 Å². The summed E-state index contributed by atoms with van der Waals surface area (Å²) in [7, 11) is 1.51. The normalized spacial score (nSPS) is 11.4. The summed E-state index contributed by atoms with van der Waals surface area (Å²) in [6, 6.07) is 2.48. The predicted octanol–water partition coefficient (Wildman–Crippen LogP) is 7.43. The Kier molecular flexibility index (Phi) is 19.8. The number of aliphatic carboxylic acids is 2. The van der Waals surface area contributed by atoms with Crippen molar-refractivity contribution in [3.8, 4) is 11.5 Å². The van der Waals surface area contributed by atoms with Crippen LogP contribution in [0.3, 0.4) is 0 Å². The smallest absolute Gasteiger partial charge is 0.341 e. The summed E-state index contributed by atoms with van der Waals surface area (Å²) in [6.07, 6.45) is 0.893. The number of carboxylic acids is 2. The van der Waals surface area contributed by atoms with Gasteiger partial charge >= 0.3 is 11.9 Å². The average Bonchev–Trinajstić information content (AvgIpc) is 2.92. The number of methoxy groups -OCH3 is 1. The minimum Gasteiger partial charge on any atom is -0.495 e. The van der Waals surface area contributed by atoms with Gasteiger partial charge in [0.2, 0.25) is 0 Å². The third kappa shape index (κ3) is 13.5. The number of nitrogens with one attached hydrogen (secondary N) is 1. The molecule has 3 N–H and O–H groups in total. The minimum atomic E-state index is -1.26. The Morgan fingerprint density at radius 2 is 1.31 bits per heavy atom. The van der Waals surface area contributed by atoms with Crippen LogP contribution in [-0.2, 0) is 25.6 Å². The molecule has 0 radical (unpaired) electrons. The number of halogens is 6. The summed E-state index contributed by atoms with van der Waals surface area (Å²) < 4.78 is 15.6. The number of amides is 1. The highest BCUT2D eigenvalue weighted by Crippen LogP contribution is 2.35. The fourth-order valence-corrected chi connectivity index (χ4v) is 12.0. The zero-order valence-electron chi connectivity index (χ0n) is 24.7. The van der Waals surface area contributed by atoms with Crippen LogP contribution in [0.25, 0.3) is 0 Å². The van der Waals surface area contributed by atoms with Crippen molar-refractivity contribution >= 4 is 165 Å². The lowest BCUT2D eigenvalue weighted by Crippen LogP contribution is -2.43. The molecule has 0 aliphatic heterocycles. The van der Waals surface area contributed by atoms with E-state index in [0.717, 1.165) is 19.8 Å². The Balaban J connectivity index is 0.000000454. The minimum absolute atomic E-state index is 0.0342. The molecule has 0 spiro atoms. The number of hydrogen-bond donors (Lipinski definition) is 3. The van der Waals surface area contributed by atoms with E-state index in [1.54, 1.807) is 19.9 Å². The van der Waals surface area contributed by atoms with Crippen molar-refractivity contribution in [2.45, 2.75) is 53.0 Å². The maximum Gasteiger partial charge on any atom is 0.341 e. The summed E-state index contributed by atoms with van der Waals surface area (Å²) in [5, 5.41) is 20.5. The van der Waals surface area contributed by atoms with Crippen molar-refractivity contribution in [2.75, 3.05) is 13.7 Å². The van der Waals surface area contributed by atoms with Gasteiger partial charge in [-0.15, -0.1) is 0 Å². The van der Waals surface area contributed by atoms with Gasteiger partial charge in [-0.3, -0.25) is 14.4 Å². The summed E-state index contributed by atoms with van der Waals surface area (Å²) in [6.45, 7) is 6.82. The van der Waals surface area contributed by atoms with Crippen LogP contribution in [-0.4, -0.2) is 59.4 Å². The molecule has 0 heterocycles. The number of carbonyl (C=O) groups excluding carboxylic acids is 3.